The van der Waals surface area contributed by atoms with Gasteiger partial charge in [0, 0.05) is 19.3 Å². The van der Waals surface area contributed by atoms with E-state index in [4.69, 9.17) is 9.84 Å². The molecule has 0 aromatic heterocycles. The van der Waals surface area contributed by atoms with Gasteiger partial charge in [0.15, 0.2) is 0 Å². The van der Waals surface area contributed by atoms with Gasteiger partial charge in [0.25, 0.3) is 0 Å². The molecule has 0 fully saturated rings. The second-order valence-electron chi connectivity index (χ2n) is 3.67. The van der Waals surface area contributed by atoms with Gasteiger partial charge in [-0.25, -0.2) is 4.79 Å². The molecule has 0 rings (SSSR count). The van der Waals surface area contributed by atoms with Crippen molar-refractivity contribution in [1.29, 1.82) is 0 Å². The standard InChI is InChI=1S/C11H16O7/c1-7(9(13)14)11(10(15)16,4-5-17-2)6-8(12)18-3/h1,4-6H2,2-3H3,(H,13,14)(H,15,16). The number of carboxylic acid groups (broad SMARTS) is 2. The first-order valence-electron chi connectivity index (χ1n) is 5.03. The number of rotatable bonds is 8. The molecule has 2 N–H and O–H groups in total. The van der Waals surface area contributed by atoms with Crippen LogP contribution in [0.3, 0.4) is 0 Å². The molecule has 1 atom stereocenters. The molecule has 0 spiro atoms. The Morgan fingerprint density at radius 3 is 2.11 bits per heavy atom. The fourth-order valence-electron chi connectivity index (χ4n) is 1.46. The maximum absolute atomic E-state index is 11.3. The molecule has 0 aliphatic heterocycles. The molecule has 0 heterocycles. The summed E-state index contributed by atoms with van der Waals surface area (Å²) in [5, 5.41) is 18.1. The highest BCUT2D eigenvalue weighted by Gasteiger charge is 2.46. The van der Waals surface area contributed by atoms with Crippen molar-refractivity contribution in [2.75, 3.05) is 20.8 Å². The van der Waals surface area contributed by atoms with Crippen LogP contribution in [-0.4, -0.2) is 48.9 Å². The summed E-state index contributed by atoms with van der Waals surface area (Å²) in [5.41, 5.74) is -2.49. The van der Waals surface area contributed by atoms with Crippen LogP contribution in [0.15, 0.2) is 12.2 Å². The number of carbonyl (C=O) groups is 3. The Morgan fingerprint density at radius 1 is 1.22 bits per heavy atom. The van der Waals surface area contributed by atoms with E-state index in [1.807, 2.05) is 0 Å². The van der Waals surface area contributed by atoms with Crippen LogP contribution in [-0.2, 0) is 23.9 Å². The third-order valence-corrected chi connectivity index (χ3v) is 2.65. The van der Waals surface area contributed by atoms with Crippen LogP contribution in [0.1, 0.15) is 12.8 Å². The molecule has 0 aromatic carbocycles. The highest BCUT2D eigenvalue weighted by Crippen LogP contribution is 2.35. The third-order valence-electron chi connectivity index (χ3n) is 2.65. The number of ether oxygens (including phenoxy) is 2. The normalized spacial score (nSPS) is 13.4. The van der Waals surface area contributed by atoms with Crippen LogP contribution < -0.4 is 0 Å². The highest BCUT2D eigenvalue weighted by atomic mass is 16.5. The zero-order chi connectivity index (χ0) is 14.3. The second kappa shape index (κ2) is 6.75. The van der Waals surface area contributed by atoms with Crippen LogP contribution >= 0.6 is 0 Å². The summed E-state index contributed by atoms with van der Waals surface area (Å²) in [6, 6.07) is 0. The van der Waals surface area contributed by atoms with Crippen molar-refractivity contribution < 1.29 is 34.1 Å². The summed E-state index contributed by atoms with van der Waals surface area (Å²) in [7, 11) is 2.43. The van der Waals surface area contributed by atoms with E-state index in [2.05, 4.69) is 11.3 Å². The lowest BCUT2D eigenvalue weighted by molar-refractivity contribution is -0.157. The lowest BCUT2D eigenvalue weighted by atomic mass is 9.75. The van der Waals surface area contributed by atoms with E-state index in [0.717, 1.165) is 7.11 Å². The molecule has 0 bridgehead atoms. The fraction of sp³-hybridized carbons (Fsp3) is 0.545. The Kier molecular flexibility index (Phi) is 6.04. The summed E-state index contributed by atoms with van der Waals surface area (Å²) < 4.78 is 9.13. The number of esters is 1. The summed E-state index contributed by atoms with van der Waals surface area (Å²) >= 11 is 0. The molecule has 102 valence electrons. The fourth-order valence-corrected chi connectivity index (χ4v) is 1.46. The van der Waals surface area contributed by atoms with Gasteiger partial charge in [-0.15, -0.1) is 0 Å². The van der Waals surface area contributed by atoms with E-state index in [9.17, 15) is 19.5 Å². The minimum Gasteiger partial charge on any atom is -0.481 e. The van der Waals surface area contributed by atoms with Crippen molar-refractivity contribution in [2.45, 2.75) is 12.8 Å². The molecule has 0 saturated heterocycles. The number of carboxylic acids is 2. The van der Waals surface area contributed by atoms with E-state index in [1.54, 1.807) is 0 Å². The summed E-state index contributed by atoms with van der Waals surface area (Å²) in [6.45, 7) is 3.23. The number of carbonyl (C=O) groups excluding carboxylic acids is 1. The predicted octanol–water partition coefficient (Wildman–Crippen LogP) is 0.298. The van der Waals surface area contributed by atoms with Gasteiger partial charge in [0.1, 0.15) is 5.41 Å². The van der Waals surface area contributed by atoms with Crippen molar-refractivity contribution >= 4 is 17.9 Å². The van der Waals surface area contributed by atoms with Crippen LogP contribution in [0.2, 0.25) is 0 Å². The van der Waals surface area contributed by atoms with Crippen molar-refractivity contribution in [3.05, 3.63) is 12.2 Å². The summed E-state index contributed by atoms with van der Waals surface area (Å²) in [6.07, 6.45) is -0.785. The SMILES string of the molecule is C=C(C(=O)O)C(CCOC)(CC(=O)OC)C(=O)O. The van der Waals surface area contributed by atoms with E-state index in [0.29, 0.717) is 0 Å². The van der Waals surface area contributed by atoms with Crippen LogP contribution in [0, 0.1) is 5.41 Å². The molecule has 7 nitrogen and oxygen atoms in total. The minimum atomic E-state index is -1.92. The van der Waals surface area contributed by atoms with Gasteiger partial charge in [0.05, 0.1) is 13.5 Å². The monoisotopic (exact) mass is 260 g/mol. The molecule has 7 heteroatoms. The number of aliphatic carboxylic acids is 2. The molecular formula is C11H16O7. The van der Waals surface area contributed by atoms with E-state index in [-0.39, 0.29) is 13.0 Å². The molecule has 18 heavy (non-hydrogen) atoms. The largest absolute Gasteiger partial charge is 0.481 e. The summed E-state index contributed by atoms with van der Waals surface area (Å²) in [4.78, 5) is 33.5. The third kappa shape index (κ3) is 3.56. The molecular weight excluding hydrogens is 244 g/mol. The van der Waals surface area contributed by atoms with Gasteiger partial charge in [-0.1, -0.05) is 6.58 Å². The molecule has 0 aliphatic rings. The molecule has 0 radical (unpaired) electrons. The second-order valence-corrected chi connectivity index (χ2v) is 3.67. The smallest absolute Gasteiger partial charge is 0.332 e. The van der Waals surface area contributed by atoms with Gasteiger partial charge >= 0.3 is 17.9 Å². The summed E-state index contributed by atoms with van der Waals surface area (Å²) in [5.74, 6) is -3.74. The first kappa shape index (κ1) is 16.1. The van der Waals surface area contributed by atoms with Crippen molar-refractivity contribution in [2.24, 2.45) is 5.41 Å². The Balaban J connectivity index is 5.41. The lowest BCUT2D eigenvalue weighted by Crippen LogP contribution is -2.39. The van der Waals surface area contributed by atoms with Crippen LogP contribution in [0.25, 0.3) is 0 Å². The topological polar surface area (TPSA) is 110 Å². The van der Waals surface area contributed by atoms with E-state index >= 15 is 0 Å². The maximum Gasteiger partial charge on any atom is 0.332 e. The zero-order valence-corrected chi connectivity index (χ0v) is 10.3. The van der Waals surface area contributed by atoms with E-state index < -0.39 is 35.3 Å². The minimum absolute atomic E-state index is 0.0183. The van der Waals surface area contributed by atoms with Crippen molar-refractivity contribution in [3.8, 4) is 0 Å². The molecule has 0 aromatic rings. The Morgan fingerprint density at radius 2 is 1.78 bits per heavy atom. The lowest BCUT2D eigenvalue weighted by Gasteiger charge is -2.28. The van der Waals surface area contributed by atoms with E-state index in [1.165, 1.54) is 7.11 Å². The zero-order valence-electron chi connectivity index (χ0n) is 10.3. The van der Waals surface area contributed by atoms with Crippen LogP contribution in [0.4, 0.5) is 0 Å². The van der Waals surface area contributed by atoms with Gasteiger partial charge in [-0.05, 0) is 6.42 Å². The molecule has 0 saturated carbocycles. The van der Waals surface area contributed by atoms with Crippen molar-refractivity contribution in [3.63, 3.8) is 0 Å². The average Bonchev–Trinajstić information content (AvgIpc) is 2.32. The molecule has 0 aliphatic carbocycles. The first-order valence-corrected chi connectivity index (χ1v) is 5.03. The van der Waals surface area contributed by atoms with Gasteiger partial charge in [-0.2, -0.15) is 0 Å². The van der Waals surface area contributed by atoms with Crippen molar-refractivity contribution in [1.82, 2.24) is 0 Å². The Bertz CT molecular complexity index is 360. The highest BCUT2D eigenvalue weighted by molar-refractivity contribution is 5.98. The molecule has 0 amide bonds. The Hall–Kier alpha value is -1.89. The number of hydrogen-bond donors (Lipinski definition) is 2. The average molecular weight is 260 g/mol. The number of hydrogen-bond acceptors (Lipinski definition) is 5. The number of methoxy groups -OCH3 is 2. The quantitative estimate of drug-likeness (QED) is 0.477. The van der Waals surface area contributed by atoms with Crippen LogP contribution in [0.5, 0.6) is 0 Å². The maximum atomic E-state index is 11.3. The van der Waals surface area contributed by atoms with Gasteiger partial charge < -0.3 is 19.7 Å². The Labute approximate surface area is 104 Å². The predicted molar refractivity (Wildman–Crippen MR) is 60.0 cm³/mol. The van der Waals surface area contributed by atoms with Gasteiger partial charge in [-0.3, -0.25) is 9.59 Å². The van der Waals surface area contributed by atoms with Gasteiger partial charge in [0.2, 0.25) is 0 Å². The first-order chi connectivity index (χ1) is 8.31. The molecule has 1 unspecified atom stereocenters.